The van der Waals surface area contributed by atoms with Gasteiger partial charge in [0.1, 0.15) is 5.75 Å². The van der Waals surface area contributed by atoms with Crippen molar-refractivity contribution in [3.8, 4) is 5.75 Å². The lowest BCUT2D eigenvalue weighted by atomic mass is 10.1. The van der Waals surface area contributed by atoms with Crippen molar-refractivity contribution in [3.05, 3.63) is 59.9 Å². The fourth-order valence-electron chi connectivity index (χ4n) is 1.85. The van der Waals surface area contributed by atoms with Crippen molar-refractivity contribution >= 4 is 0 Å². The van der Waals surface area contributed by atoms with E-state index in [9.17, 15) is 13.2 Å². The zero-order valence-electron chi connectivity index (χ0n) is 11.4. The molecule has 0 saturated carbocycles. The summed E-state index contributed by atoms with van der Waals surface area (Å²) in [6, 6.07) is 9.78. The SMILES string of the molecule is C[C@@H](NCc1ccc(OC(F)(F)F)cc1)c1ccncc1. The number of hydrogen-bond acceptors (Lipinski definition) is 3. The largest absolute Gasteiger partial charge is 0.573 e. The highest BCUT2D eigenvalue weighted by Crippen LogP contribution is 2.22. The summed E-state index contributed by atoms with van der Waals surface area (Å²) >= 11 is 0. The maximum atomic E-state index is 12.0. The van der Waals surface area contributed by atoms with E-state index in [0.29, 0.717) is 6.54 Å². The molecule has 3 nitrogen and oxygen atoms in total. The lowest BCUT2D eigenvalue weighted by Crippen LogP contribution is -2.18. The highest BCUT2D eigenvalue weighted by atomic mass is 19.4. The molecule has 2 rings (SSSR count). The summed E-state index contributed by atoms with van der Waals surface area (Å²) in [6.45, 7) is 2.56. The van der Waals surface area contributed by atoms with Crippen LogP contribution in [0.4, 0.5) is 13.2 Å². The Morgan fingerprint density at radius 2 is 1.71 bits per heavy atom. The predicted molar refractivity (Wildman–Crippen MR) is 72.6 cm³/mol. The van der Waals surface area contributed by atoms with Gasteiger partial charge >= 0.3 is 6.36 Å². The number of nitrogens with zero attached hydrogens (tertiary/aromatic N) is 1. The van der Waals surface area contributed by atoms with E-state index < -0.39 is 6.36 Å². The second-order valence-corrected chi connectivity index (χ2v) is 4.57. The minimum atomic E-state index is -4.66. The van der Waals surface area contributed by atoms with Crippen LogP contribution >= 0.6 is 0 Å². The summed E-state index contributed by atoms with van der Waals surface area (Å²) in [5.74, 6) is -0.214. The molecule has 0 bridgehead atoms. The van der Waals surface area contributed by atoms with Crippen LogP contribution in [0, 0.1) is 0 Å². The van der Waals surface area contributed by atoms with Crippen LogP contribution in [0.2, 0.25) is 0 Å². The van der Waals surface area contributed by atoms with Crippen molar-refractivity contribution in [2.24, 2.45) is 0 Å². The molecule has 0 amide bonds. The Hall–Kier alpha value is -2.08. The molecule has 1 N–H and O–H groups in total. The monoisotopic (exact) mass is 296 g/mol. The van der Waals surface area contributed by atoms with Gasteiger partial charge in [0.25, 0.3) is 0 Å². The van der Waals surface area contributed by atoms with Gasteiger partial charge in [0.2, 0.25) is 0 Å². The molecule has 0 aliphatic heterocycles. The van der Waals surface area contributed by atoms with Gasteiger partial charge in [0.05, 0.1) is 0 Å². The van der Waals surface area contributed by atoms with Crippen molar-refractivity contribution in [3.63, 3.8) is 0 Å². The molecule has 0 aliphatic rings. The Kier molecular flexibility index (Phi) is 4.80. The van der Waals surface area contributed by atoms with Crippen LogP contribution in [0.5, 0.6) is 5.75 Å². The van der Waals surface area contributed by atoms with Crippen molar-refractivity contribution < 1.29 is 17.9 Å². The van der Waals surface area contributed by atoms with E-state index >= 15 is 0 Å². The number of ether oxygens (including phenoxy) is 1. The molecule has 0 spiro atoms. The normalized spacial score (nSPS) is 13.0. The summed E-state index contributed by atoms with van der Waals surface area (Å²) in [7, 11) is 0. The number of rotatable bonds is 5. The molecule has 1 atom stereocenters. The Labute approximate surface area is 120 Å². The molecule has 1 aromatic carbocycles. The fraction of sp³-hybridized carbons (Fsp3) is 0.267. The molecule has 6 heteroatoms. The maximum absolute atomic E-state index is 12.0. The number of nitrogens with one attached hydrogen (secondary N) is 1. The Bertz CT molecular complexity index is 555. The van der Waals surface area contributed by atoms with Crippen molar-refractivity contribution in [2.45, 2.75) is 25.9 Å². The van der Waals surface area contributed by atoms with Gasteiger partial charge in [0, 0.05) is 25.0 Å². The topological polar surface area (TPSA) is 34.1 Å². The number of hydrogen-bond donors (Lipinski definition) is 1. The van der Waals surface area contributed by atoms with Gasteiger partial charge in [-0.15, -0.1) is 13.2 Å². The van der Waals surface area contributed by atoms with Crippen LogP contribution in [0.1, 0.15) is 24.1 Å². The second-order valence-electron chi connectivity index (χ2n) is 4.57. The highest BCUT2D eigenvalue weighted by molar-refractivity contribution is 5.27. The third-order valence-corrected chi connectivity index (χ3v) is 2.98. The first kappa shape index (κ1) is 15.3. The summed E-state index contributed by atoms with van der Waals surface area (Å²) in [4.78, 5) is 3.95. The summed E-state index contributed by atoms with van der Waals surface area (Å²) < 4.78 is 40.0. The van der Waals surface area contributed by atoms with Gasteiger partial charge in [-0.2, -0.15) is 0 Å². The molecular formula is C15H15F3N2O. The third kappa shape index (κ3) is 5.07. The van der Waals surface area contributed by atoms with Crippen LogP contribution in [-0.2, 0) is 6.54 Å². The Morgan fingerprint density at radius 3 is 2.29 bits per heavy atom. The molecule has 1 heterocycles. The number of alkyl halides is 3. The van der Waals surface area contributed by atoms with Gasteiger partial charge in [-0.1, -0.05) is 12.1 Å². The lowest BCUT2D eigenvalue weighted by molar-refractivity contribution is -0.274. The van der Waals surface area contributed by atoms with Crippen LogP contribution in [-0.4, -0.2) is 11.3 Å². The van der Waals surface area contributed by atoms with Crippen LogP contribution in [0.25, 0.3) is 0 Å². The quantitative estimate of drug-likeness (QED) is 0.910. The summed E-state index contributed by atoms with van der Waals surface area (Å²) in [5, 5.41) is 3.29. The van der Waals surface area contributed by atoms with Gasteiger partial charge in [0.15, 0.2) is 0 Å². The number of aromatic nitrogens is 1. The zero-order valence-corrected chi connectivity index (χ0v) is 11.4. The van der Waals surface area contributed by atoms with Crippen LogP contribution < -0.4 is 10.1 Å². The first-order valence-electron chi connectivity index (χ1n) is 6.42. The fourth-order valence-corrected chi connectivity index (χ4v) is 1.85. The molecule has 0 saturated heterocycles. The Morgan fingerprint density at radius 1 is 1.10 bits per heavy atom. The zero-order chi connectivity index (χ0) is 15.3. The molecule has 112 valence electrons. The maximum Gasteiger partial charge on any atom is 0.573 e. The van der Waals surface area contributed by atoms with E-state index in [1.807, 2.05) is 19.1 Å². The van der Waals surface area contributed by atoms with Crippen molar-refractivity contribution in [2.75, 3.05) is 0 Å². The van der Waals surface area contributed by atoms with E-state index in [1.165, 1.54) is 12.1 Å². The minimum absolute atomic E-state index is 0.124. The Balaban J connectivity index is 1.89. The van der Waals surface area contributed by atoms with Gasteiger partial charge in [-0.25, -0.2) is 0 Å². The molecule has 2 aromatic rings. The summed E-state index contributed by atoms with van der Waals surface area (Å²) in [6.07, 6.45) is -1.22. The number of pyridine rings is 1. The standard InChI is InChI=1S/C15H15F3N2O/c1-11(13-6-8-19-9-7-13)20-10-12-2-4-14(5-3-12)21-15(16,17)18/h2-9,11,20H,10H2,1H3/t11-/m1/s1. The average Bonchev–Trinajstić information content (AvgIpc) is 2.45. The van der Waals surface area contributed by atoms with E-state index in [1.54, 1.807) is 24.5 Å². The predicted octanol–water partition coefficient (Wildman–Crippen LogP) is 3.83. The highest BCUT2D eigenvalue weighted by Gasteiger charge is 2.30. The third-order valence-electron chi connectivity index (χ3n) is 2.98. The van der Waals surface area contributed by atoms with E-state index in [2.05, 4.69) is 15.0 Å². The van der Waals surface area contributed by atoms with E-state index in [0.717, 1.165) is 11.1 Å². The molecular weight excluding hydrogens is 281 g/mol. The smallest absolute Gasteiger partial charge is 0.406 e. The summed E-state index contributed by atoms with van der Waals surface area (Å²) in [5.41, 5.74) is 1.98. The van der Waals surface area contributed by atoms with Crippen LogP contribution in [0.15, 0.2) is 48.8 Å². The van der Waals surface area contributed by atoms with E-state index in [-0.39, 0.29) is 11.8 Å². The average molecular weight is 296 g/mol. The van der Waals surface area contributed by atoms with Crippen LogP contribution in [0.3, 0.4) is 0 Å². The van der Waals surface area contributed by atoms with E-state index in [4.69, 9.17) is 0 Å². The molecule has 0 radical (unpaired) electrons. The second kappa shape index (κ2) is 6.58. The molecule has 0 unspecified atom stereocenters. The molecule has 0 fully saturated rings. The first-order valence-corrected chi connectivity index (χ1v) is 6.42. The van der Waals surface area contributed by atoms with Gasteiger partial charge in [-0.3, -0.25) is 4.98 Å². The van der Waals surface area contributed by atoms with Gasteiger partial charge < -0.3 is 10.1 Å². The molecule has 0 aliphatic carbocycles. The number of benzene rings is 1. The van der Waals surface area contributed by atoms with Gasteiger partial charge in [-0.05, 0) is 42.3 Å². The van der Waals surface area contributed by atoms with Crippen molar-refractivity contribution in [1.29, 1.82) is 0 Å². The molecule has 1 aromatic heterocycles. The molecule has 21 heavy (non-hydrogen) atoms. The minimum Gasteiger partial charge on any atom is -0.406 e. The van der Waals surface area contributed by atoms with Crippen molar-refractivity contribution in [1.82, 2.24) is 10.3 Å². The number of halogens is 3. The lowest BCUT2D eigenvalue weighted by Gasteiger charge is -2.14. The first-order chi connectivity index (χ1) is 9.94.